The van der Waals surface area contributed by atoms with Crippen LogP contribution in [0.1, 0.15) is 22.3 Å². The molecule has 0 aromatic heterocycles. The molecule has 27 heavy (non-hydrogen) atoms. The second-order valence-corrected chi connectivity index (χ2v) is 6.68. The third kappa shape index (κ3) is 7.50. The third-order valence-electron chi connectivity index (χ3n) is 3.69. The van der Waals surface area contributed by atoms with Gasteiger partial charge in [-0.1, -0.05) is 54.6 Å². The number of carbonyl (C=O) groups excluding carboxylic acids is 2. The van der Waals surface area contributed by atoms with E-state index in [4.69, 9.17) is 0 Å². The Morgan fingerprint density at radius 1 is 1.07 bits per heavy atom. The van der Waals surface area contributed by atoms with Crippen LogP contribution in [0.25, 0.3) is 6.08 Å². The van der Waals surface area contributed by atoms with Crippen LogP contribution in [0.4, 0.5) is 0 Å². The second-order valence-electron chi connectivity index (χ2n) is 5.70. The van der Waals surface area contributed by atoms with Gasteiger partial charge < -0.3 is 5.32 Å². The van der Waals surface area contributed by atoms with Crippen molar-refractivity contribution in [2.24, 2.45) is 5.10 Å². The molecule has 0 aliphatic carbocycles. The van der Waals surface area contributed by atoms with Gasteiger partial charge in [0.25, 0.3) is 11.8 Å². The van der Waals surface area contributed by atoms with Gasteiger partial charge in [0.05, 0.1) is 0 Å². The van der Waals surface area contributed by atoms with E-state index in [0.717, 1.165) is 11.3 Å². The van der Waals surface area contributed by atoms with Gasteiger partial charge >= 0.3 is 0 Å². The molecule has 1 atom stereocenters. The van der Waals surface area contributed by atoms with Crippen LogP contribution in [0.2, 0.25) is 0 Å². The number of nitrogens with zero attached hydrogens (tertiary/aromatic N) is 1. The van der Waals surface area contributed by atoms with Gasteiger partial charge in [-0.25, -0.2) is 5.43 Å². The van der Waals surface area contributed by atoms with Crippen molar-refractivity contribution in [3.63, 3.8) is 0 Å². The molecule has 0 heterocycles. The highest BCUT2D eigenvalue weighted by Crippen LogP contribution is 2.04. The van der Waals surface area contributed by atoms with E-state index in [1.165, 1.54) is 6.21 Å². The third-order valence-corrected chi connectivity index (χ3v) is 4.34. The van der Waals surface area contributed by atoms with Crippen LogP contribution < -0.4 is 10.7 Å². The predicted molar refractivity (Wildman–Crippen MR) is 113 cm³/mol. The number of benzene rings is 2. The van der Waals surface area contributed by atoms with Crippen LogP contribution in [-0.2, 0) is 4.79 Å². The molecule has 0 aliphatic rings. The summed E-state index contributed by atoms with van der Waals surface area (Å²) >= 11 is 1.62. The molecule has 0 fully saturated rings. The van der Waals surface area contributed by atoms with E-state index < -0.39 is 6.04 Å². The van der Waals surface area contributed by atoms with E-state index in [0.29, 0.717) is 12.0 Å². The van der Waals surface area contributed by atoms with Crippen LogP contribution in [0.15, 0.2) is 71.8 Å². The average molecular weight is 382 g/mol. The van der Waals surface area contributed by atoms with Crippen molar-refractivity contribution in [2.75, 3.05) is 12.0 Å². The molecule has 6 heteroatoms. The van der Waals surface area contributed by atoms with Crippen molar-refractivity contribution in [3.8, 4) is 0 Å². The summed E-state index contributed by atoms with van der Waals surface area (Å²) in [5.41, 5.74) is 4.06. The minimum Gasteiger partial charge on any atom is -0.340 e. The second kappa shape index (κ2) is 11.7. The summed E-state index contributed by atoms with van der Waals surface area (Å²) in [4.78, 5) is 24.7. The van der Waals surface area contributed by atoms with Crippen molar-refractivity contribution in [1.29, 1.82) is 0 Å². The highest BCUT2D eigenvalue weighted by molar-refractivity contribution is 7.98. The number of thioether (sulfide) groups is 1. The first-order valence-electron chi connectivity index (χ1n) is 8.60. The fourth-order valence-corrected chi connectivity index (χ4v) is 2.75. The lowest BCUT2D eigenvalue weighted by atomic mass is 10.1. The van der Waals surface area contributed by atoms with Crippen molar-refractivity contribution in [3.05, 3.63) is 77.9 Å². The number of hydrazone groups is 1. The van der Waals surface area contributed by atoms with E-state index >= 15 is 0 Å². The average Bonchev–Trinajstić information content (AvgIpc) is 2.72. The van der Waals surface area contributed by atoms with Crippen LogP contribution >= 0.6 is 11.8 Å². The molecule has 0 radical (unpaired) electrons. The largest absolute Gasteiger partial charge is 0.340 e. The van der Waals surface area contributed by atoms with Gasteiger partial charge in [-0.3, -0.25) is 9.59 Å². The summed E-state index contributed by atoms with van der Waals surface area (Å²) in [6.45, 7) is 0. The van der Waals surface area contributed by atoms with Gasteiger partial charge in [-0.2, -0.15) is 16.9 Å². The molecular formula is C21H23N3O2S. The number of hydrogen-bond acceptors (Lipinski definition) is 4. The van der Waals surface area contributed by atoms with E-state index in [-0.39, 0.29) is 11.8 Å². The number of rotatable bonds is 9. The van der Waals surface area contributed by atoms with Crippen LogP contribution in [0.5, 0.6) is 0 Å². The monoisotopic (exact) mass is 381 g/mol. The van der Waals surface area contributed by atoms with Gasteiger partial charge in [-0.15, -0.1) is 0 Å². The van der Waals surface area contributed by atoms with Gasteiger partial charge in [-0.05, 0) is 42.2 Å². The highest BCUT2D eigenvalue weighted by atomic mass is 32.2. The molecule has 5 nitrogen and oxygen atoms in total. The number of nitrogens with one attached hydrogen (secondary N) is 2. The Kier molecular flexibility index (Phi) is 8.86. The zero-order valence-electron chi connectivity index (χ0n) is 15.2. The maximum absolute atomic E-state index is 12.4. The van der Waals surface area contributed by atoms with E-state index in [2.05, 4.69) is 15.8 Å². The van der Waals surface area contributed by atoms with Crippen LogP contribution in [0, 0.1) is 0 Å². The molecule has 0 unspecified atom stereocenters. The Balaban J connectivity index is 1.90. The predicted octanol–water partition coefficient (Wildman–Crippen LogP) is 3.35. The fourth-order valence-electron chi connectivity index (χ4n) is 2.28. The summed E-state index contributed by atoms with van der Waals surface area (Å²) in [7, 11) is 0. The summed E-state index contributed by atoms with van der Waals surface area (Å²) in [6.07, 6.45) is 7.63. The summed E-state index contributed by atoms with van der Waals surface area (Å²) in [5.74, 6) is 0.146. The number of amides is 2. The van der Waals surface area contributed by atoms with Crippen molar-refractivity contribution >= 4 is 35.9 Å². The van der Waals surface area contributed by atoms with Crippen molar-refractivity contribution in [2.45, 2.75) is 12.5 Å². The minimum absolute atomic E-state index is 0.273. The maximum atomic E-state index is 12.4. The molecule has 140 valence electrons. The summed E-state index contributed by atoms with van der Waals surface area (Å²) in [5, 5.41) is 6.70. The van der Waals surface area contributed by atoms with Gasteiger partial charge in [0.1, 0.15) is 6.04 Å². The lowest BCUT2D eigenvalue weighted by Crippen LogP contribution is -2.45. The molecule has 2 rings (SSSR count). The number of carbonyl (C=O) groups is 2. The first-order chi connectivity index (χ1) is 13.2. The molecule has 2 aromatic carbocycles. The Morgan fingerprint density at radius 3 is 2.41 bits per heavy atom. The van der Waals surface area contributed by atoms with Crippen molar-refractivity contribution in [1.82, 2.24) is 10.7 Å². The Morgan fingerprint density at radius 2 is 1.74 bits per heavy atom. The van der Waals surface area contributed by atoms with Crippen molar-refractivity contribution < 1.29 is 9.59 Å². The Labute approximate surface area is 163 Å². The standard InChI is InChI=1S/C21H23N3O2S/c1-27-16-14-19(23-20(25)18-12-6-3-7-13-18)21(26)24-22-15-8-11-17-9-4-2-5-10-17/h2-13,15,19H,14,16H2,1H3,(H,23,25)(H,24,26)/b11-8+,22-15?/t19-/m0/s1. The Hall–Kier alpha value is -2.86. The zero-order valence-corrected chi connectivity index (χ0v) is 16.0. The molecule has 0 saturated heterocycles. The number of allylic oxidation sites excluding steroid dienone is 1. The maximum Gasteiger partial charge on any atom is 0.262 e. The number of hydrogen-bond donors (Lipinski definition) is 2. The van der Waals surface area contributed by atoms with E-state index in [1.54, 1.807) is 42.1 Å². The summed E-state index contributed by atoms with van der Waals surface area (Å²) in [6, 6.07) is 18.0. The van der Waals surface area contributed by atoms with Gasteiger partial charge in [0, 0.05) is 11.8 Å². The highest BCUT2D eigenvalue weighted by Gasteiger charge is 2.20. The molecular weight excluding hydrogens is 358 g/mol. The molecule has 0 spiro atoms. The molecule has 2 amide bonds. The molecule has 0 saturated carbocycles. The van der Waals surface area contributed by atoms with Gasteiger partial charge in [0.15, 0.2) is 0 Å². The first kappa shape index (κ1) is 20.5. The fraction of sp³-hybridized carbons (Fsp3) is 0.190. The summed E-state index contributed by atoms with van der Waals surface area (Å²) < 4.78 is 0. The smallest absolute Gasteiger partial charge is 0.262 e. The van der Waals surface area contributed by atoms with Crippen LogP contribution in [-0.4, -0.2) is 36.1 Å². The van der Waals surface area contributed by atoms with Crippen LogP contribution in [0.3, 0.4) is 0 Å². The first-order valence-corrected chi connectivity index (χ1v) is 9.99. The lowest BCUT2D eigenvalue weighted by Gasteiger charge is -2.16. The van der Waals surface area contributed by atoms with Gasteiger partial charge in [0.2, 0.25) is 0 Å². The Bertz CT molecular complexity index is 777. The zero-order chi connectivity index (χ0) is 19.3. The van der Waals surface area contributed by atoms with E-state index in [9.17, 15) is 9.59 Å². The molecule has 0 aliphatic heterocycles. The normalized spacial score (nSPS) is 12.2. The molecule has 0 bridgehead atoms. The molecule has 2 aromatic rings. The lowest BCUT2D eigenvalue weighted by molar-refractivity contribution is -0.123. The minimum atomic E-state index is -0.639. The topological polar surface area (TPSA) is 70.6 Å². The van der Waals surface area contributed by atoms with E-state index in [1.807, 2.05) is 48.7 Å². The quantitative estimate of drug-likeness (QED) is 0.517. The molecule has 2 N–H and O–H groups in total. The SMILES string of the molecule is CSCC[C@H](NC(=O)c1ccccc1)C(=O)NN=C/C=C/c1ccccc1.